The fourth-order valence-electron chi connectivity index (χ4n) is 2.42. The van der Waals surface area contributed by atoms with Crippen LogP contribution in [0.5, 0.6) is 5.75 Å². The minimum atomic E-state index is -4.95. The van der Waals surface area contributed by atoms with E-state index in [2.05, 4.69) is 10.1 Å². The molecule has 0 saturated carbocycles. The zero-order valence-electron chi connectivity index (χ0n) is 15.7. The average Bonchev–Trinajstić information content (AvgIpc) is 2.64. The first kappa shape index (κ1) is 23.3. The first-order valence-corrected chi connectivity index (χ1v) is 8.78. The third-order valence-electron chi connectivity index (χ3n) is 3.76. The summed E-state index contributed by atoms with van der Waals surface area (Å²) in [5.74, 6) is -1.29. The highest BCUT2D eigenvalue weighted by atomic mass is 35.5. The Bertz CT molecular complexity index is 1070. The Morgan fingerprint density at radius 1 is 1.23 bits per heavy atom. The van der Waals surface area contributed by atoms with Crippen molar-refractivity contribution < 1.29 is 31.8 Å². The molecule has 164 valence electrons. The van der Waals surface area contributed by atoms with E-state index in [4.69, 9.17) is 16.3 Å². The van der Waals surface area contributed by atoms with Crippen LogP contribution in [-0.2, 0) is 18.0 Å². The number of alkyl halides is 3. The summed E-state index contributed by atoms with van der Waals surface area (Å²) in [4.78, 5) is 35.7. The zero-order valence-corrected chi connectivity index (χ0v) is 16.4. The van der Waals surface area contributed by atoms with Crippen molar-refractivity contribution >= 4 is 17.7 Å². The van der Waals surface area contributed by atoms with Crippen molar-refractivity contribution in [3.63, 3.8) is 0 Å². The van der Waals surface area contributed by atoms with Gasteiger partial charge in [-0.1, -0.05) is 11.6 Å². The lowest BCUT2D eigenvalue weighted by Gasteiger charge is -2.15. The molecule has 1 amide bonds. The van der Waals surface area contributed by atoms with Gasteiger partial charge in [-0.05, 0) is 13.0 Å². The van der Waals surface area contributed by atoms with Crippen molar-refractivity contribution in [3.8, 4) is 11.4 Å². The largest absolute Gasteiger partial charge is 0.490 e. The third kappa shape index (κ3) is 5.12. The van der Waals surface area contributed by atoms with Gasteiger partial charge in [0.05, 0.1) is 23.9 Å². The second-order valence-electron chi connectivity index (χ2n) is 5.77. The lowest BCUT2D eigenvalue weighted by atomic mass is 10.2. The van der Waals surface area contributed by atoms with Gasteiger partial charge in [-0.3, -0.25) is 9.36 Å². The van der Waals surface area contributed by atoms with Gasteiger partial charge in [0, 0.05) is 19.2 Å². The van der Waals surface area contributed by atoms with E-state index < -0.39 is 40.7 Å². The van der Waals surface area contributed by atoms with E-state index >= 15 is 0 Å². The highest BCUT2D eigenvalue weighted by Crippen LogP contribution is 2.30. The molecule has 0 saturated heterocycles. The minimum absolute atomic E-state index is 0.0101. The molecular formula is C17H16ClF4N3O5. The quantitative estimate of drug-likeness (QED) is 0.536. The molecule has 0 bridgehead atoms. The molecule has 13 heteroatoms. The average molecular weight is 454 g/mol. The van der Waals surface area contributed by atoms with Gasteiger partial charge in [-0.2, -0.15) is 13.2 Å². The highest BCUT2D eigenvalue weighted by Gasteiger charge is 2.35. The summed E-state index contributed by atoms with van der Waals surface area (Å²) >= 11 is 5.88. The smallest absolute Gasteiger partial charge is 0.431 e. The van der Waals surface area contributed by atoms with Crippen LogP contribution in [-0.4, -0.2) is 35.0 Å². The number of nitrogens with zero attached hydrogens (tertiary/aromatic N) is 2. The van der Waals surface area contributed by atoms with Crippen molar-refractivity contribution in [2.45, 2.75) is 13.1 Å². The topological polar surface area (TPSA) is 91.6 Å². The molecule has 1 aromatic heterocycles. The van der Waals surface area contributed by atoms with Crippen LogP contribution in [0.15, 0.2) is 27.8 Å². The number of benzene rings is 1. The Morgan fingerprint density at radius 2 is 1.90 bits per heavy atom. The van der Waals surface area contributed by atoms with Crippen molar-refractivity contribution in [2.24, 2.45) is 7.05 Å². The minimum Gasteiger partial charge on any atom is -0.490 e. The lowest BCUT2D eigenvalue weighted by molar-refractivity contribution is -0.144. The number of rotatable bonds is 6. The van der Waals surface area contributed by atoms with E-state index in [-0.39, 0.29) is 45.7 Å². The van der Waals surface area contributed by atoms with Gasteiger partial charge in [0.25, 0.3) is 5.56 Å². The summed E-state index contributed by atoms with van der Waals surface area (Å²) in [5, 5.41) is 2.14. The molecule has 0 aliphatic carbocycles. The first-order valence-electron chi connectivity index (χ1n) is 8.40. The van der Waals surface area contributed by atoms with Crippen molar-refractivity contribution in [1.82, 2.24) is 14.5 Å². The number of amides is 1. The zero-order chi connectivity index (χ0) is 22.6. The second-order valence-corrected chi connectivity index (χ2v) is 6.18. The van der Waals surface area contributed by atoms with Crippen LogP contribution in [0.1, 0.15) is 12.6 Å². The van der Waals surface area contributed by atoms with Gasteiger partial charge in [-0.25, -0.2) is 18.5 Å². The molecule has 2 rings (SSSR count). The fraction of sp³-hybridized carbons (Fsp3) is 0.353. The van der Waals surface area contributed by atoms with Gasteiger partial charge in [-0.15, -0.1) is 0 Å². The van der Waals surface area contributed by atoms with E-state index in [1.54, 1.807) is 6.92 Å². The molecule has 1 heterocycles. The second kappa shape index (κ2) is 9.20. The molecule has 0 radical (unpaired) electrons. The number of hydrogen-bond acceptors (Lipinski definition) is 5. The number of halogens is 5. The normalized spacial score (nSPS) is 11.3. The molecular weight excluding hydrogens is 438 g/mol. The molecule has 1 N–H and O–H groups in total. The van der Waals surface area contributed by atoms with Gasteiger partial charge >= 0.3 is 18.0 Å². The van der Waals surface area contributed by atoms with Gasteiger partial charge in [0.2, 0.25) is 0 Å². The number of nitrogens with one attached hydrogen (secondary N) is 1. The molecule has 0 atom stereocenters. The number of carbonyl (C=O) groups is 1. The number of alkyl carbamates (subject to hydrolysis) is 1. The van der Waals surface area contributed by atoms with Crippen LogP contribution in [0.2, 0.25) is 5.02 Å². The molecule has 30 heavy (non-hydrogen) atoms. The Balaban J connectivity index is 2.39. The molecule has 0 fully saturated rings. The van der Waals surface area contributed by atoms with Crippen LogP contribution in [0.4, 0.5) is 22.4 Å². The number of ether oxygens (including phenoxy) is 2. The van der Waals surface area contributed by atoms with Gasteiger partial charge in [0.15, 0.2) is 0 Å². The summed E-state index contributed by atoms with van der Waals surface area (Å²) in [7, 11) is 0.799. The summed E-state index contributed by atoms with van der Waals surface area (Å²) in [6.07, 6.45) is -5.64. The van der Waals surface area contributed by atoms with Gasteiger partial charge in [0.1, 0.15) is 23.9 Å². The van der Waals surface area contributed by atoms with E-state index in [1.165, 1.54) is 0 Å². The van der Waals surface area contributed by atoms with Crippen LogP contribution in [0, 0.1) is 5.82 Å². The summed E-state index contributed by atoms with van der Waals surface area (Å²) < 4.78 is 63.6. The van der Waals surface area contributed by atoms with Crippen molar-refractivity contribution in [1.29, 1.82) is 0 Å². The van der Waals surface area contributed by atoms with E-state index in [0.29, 0.717) is 0 Å². The predicted molar refractivity (Wildman–Crippen MR) is 97.8 cm³/mol. The Morgan fingerprint density at radius 3 is 2.50 bits per heavy atom. The maximum atomic E-state index is 14.4. The Hall–Kier alpha value is -3.02. The van der Waals surface area contributed by atoms with Crippen LogP contribution in [0.3, 0.4) is 0 Å². The Labute approximate surface area is 171 Å². The lowest BCUT2D eigenvalue weighted by Crippen LogP contribution is -2.41. The Kier molecular flexibility index (Phi) is 7.13. The summed E-state index contributed by atoms with van der Waals surface area (Å²) in [6, 6.07) is 1.83. The van der Waals surface area contributed by atoms with Gasteiger partial charge < -0.3 is 14.8 Å². The molecule has 2 aromatic rings. The third-order valence-corrected chi connectivity index (χ3v) is 4.05. The van der Waals surface area contributed by atoms with Crippen LogP contribution >= 0.6 is 11.6 Å². The molecule has 0 spiro atoms. The summed E-state index contributed by atoms with van der Waals surface area (Å²) in [5.41, 5.74) is -4.93. The highest BCUT2D eigenvalue weighted by molar-refractivity contribution is 6.32. The molecule has 8 nitrogen and oxygen atoms in total. The van der Waals surface area contributed by atoms with E-state index in [0.717, 1.165) is 19.2 Å². The maximum absolute atomic E-state index is 14.4. The number of carbonyl (C=O) groups excluding carboxylic acids is 1. The monoisotopic (exact) mass is 453 g/mol. The molecule has 0 aliphatic heterocycles. The SMILES string of the molecule is CCOC(=O)NCCOc1cc(-n2c(=O)cc(C(F)(F)F)n(C)c2=O)c(F)cc1Cl. The van der Waals surface area contributed by atoms with Crippen molar-refractivity contribution in [2.75, 3.05) is 19.8 Å². The maximum Gasteiger partial charge on any atom is 0.431 e. The first-order chi connectivity index (χ1) is 14.0. The number of aromatic nitrogens is 2. The standard InChI is InChI=1S/C17H16ClF4N3O5/c1-3-29-15(27)23-4-5-30-12-7-11(10(19)6-9(12)18)25-14(26)8-13(17(20,21)22)24(2)16(25)28/h6-8H,3-5H2,1-2H3,(H,23,27). The summed E-state index contributed by atoms with van der Waals surface area (Å²) in [6.45, 7) is 1.63. The van der Waals surface area contributed by atoms with Crippen LogP contribution in [0.25, 0.3) is 5.69 Å². The molecule has 0 unspecified atom stereocenters. The number of hydrogen-bond donors (Lipinski definition) is 1. The van der Waals surface area contributed by atoms with Crippen LogP contribution < -0.4 is 21.3 Å². The molecule has 0 aliphatic rings. The van der Waals surface area contributed by atoms with E-state index in [1.807, 2.05) is 0 Å². The van der Waals surface area contributed by atoms with Crippen molar-refractivity contribution in [3.05, 3.63) is 55.6 Å². The van der Waals surface area contributed by atoms with E-state index in [9.17, 15) is 31.9 Å². The predicted octanol–water partition coefficient (Wildman–Crippen LogP) is 2.47. The molecule has 1 aromatic carbocycles. The fourth-order valence-corrected chi connectivity index (χ4v) is 2.62.